The average molecular weight is 291 g/mol. The Balaban J connectivity index is 1.92. The molecule has 0 aromatic heterocycles. The van der Waals surface area contributed by atoms with E-state index in [2.05, 4.69) is 5.32 Å². The van der Waals surface area contributed by atoms with Gasteiger partial charge in [0.2, 0.25) is 11.8 Å². The average Bonchev–Trinajstić information content (AvgIpc) is 2.93. The summed E-state index contributed by atoms with van der Waals surface area (Å²) in [5, 5.41) is 2.63. The van der Waals surface area contributed by atoms with Gasteiger partial charge in [-0.1, -0.05) is 6.07 Å². The van der Waals surface area contributed by atoms with E-state index in [9.17, 15) is 14.0 Å². The van der Waals surface area contributed by atoms with Crippen molar-refractivity contribution in [2.45, 2.75) is 31.2 Å². The zero-order valence-electron chi connectivity index (χ0n) is 11.6. The van der Waals surface area contributed by atoms with Crippen LogP contribution in [0.4, 0.5) is 10.1 Å². The number of likely N-dealkylation sites (tertiary alicyclic amines) is 1. The van der Waals surface area contributed by atoms with Crippen LogP contribution in [0.3, 0.4) is 0 Å². The van der Waals surface area contributed by atoms with E-state index in [1.54, 1.807) is 11.0 Å². The molecule has 3 N–H and O–H groups in total. The number of rotatable bonds is 2. The van der Waals surface area contributed by atoms with Crippen LogP contribution >= 0.6 is 0 Å². The number of amides is 2. The van der Waals surface area contributed by atoms with Gasteiger partial charge in [-0.05, 0) is 30.5 Å². The molecule has 2 aliphatic heterocycles. The van der Waals surface area contributed by atoms with Crippen molar-refractivity contribution in [3.05, 3.63) is 29.6 Å². The lowest BCUT2D eigenvalue weighted by molar-refractivity contribution is -0.135. The van der Waals surface area contributed by atoms with Crippen LogP contribution in [0.1, 0.15) is 30.7 Å². The summed E-state index contributed by atoms with van der Waals surface area (Å²) in [6.07, 6.45) is 1.94. The zero-order chi connectivity index (χ0) is 15.0. The van der Waals surface area contributed by atoms with Crippen LogP contribution in [-0.2, 0) is 9.59 Å². The number of nitrogens with two attached hydrogens (primary N) is 1. The molecule has 0 spiro atoms. The van der Waals surface area contributed by atoms with E-state index < -0.39 is 11.7 Å². The summed E-state index contributed by atoms with van der Waals surface area (Å²) in [7, 11) is 0. The zero-order valence-corrected chi connectivity index (χ0v) is 11.6. The van der Waals surface area contributed by atoms with Gasteiger partial charge in [-0.15, -0.1) is 0 Å². The maximum Gasteiger partial charge on any atom is 0.231 e. The molecule has 1 aromatic carbocycles. The fourth-order valence-corrected chi connectivity index (χ4v) is 3.23. The number of nitrogens with one attached hydrogen (secondary N) is 1. The summed E-state index contributed by atoms with van der Waals surface area (Å²) in [6, 6.07) is 4.21. The Morgan fingerprint density at radius 3 is 3.05 bits per heavy atom. The molecule has 3 rings (SSSR count). The van der Waals surface area contributed by atoms with Gasteiger partial charge in [0, 0.05) is 31.2 Å². The first-order chi connectivity index (χ1) is 10.1. The predicted molar refractivity (Wildman–Crippen MR) is 76.2 cm³/mol. The summed E-state index contributed by atoms with van der Waals surface area (Å²) in [5.74, 6) is -1.30. The van der Waals surface area contributed by atoms with Crippen LogP contribution in [0.2, 0.25) is 0 Å². The van der Waals surface area contributed by atoms with Crippen LogP contribution in [-0.4, -0.2) is 35.8 Å². The van der Waals surface area contributed by atoms with Gasteiger partial charge in [-0.2, -0.15) is 0 Å². The highest BCUT2D eigenvalue weighted by Crippen LogP contribution is 2.35. The van der Waals surface area contributed by atoms with Crippen molar-refractivity contribution in [1.29, 1.82) is 0 Å². The minimum Gasteiger partial charge on any atom is -0.338 e. The minimum atomic E-state index is -0.540. The number of benzene rings is 1. The minimum absolute atomic E-state index is 0.0476. The van der Waals surface area contributed by atoms with Gasteiger partial charge in [0.1, 0.15) is 5.82 Å². The fourth-order valence-electron chi connectivity index (χ4n) is 3.23. The summed E-state index contributed by atoms with van der Waals surface area (Å²) >= 11 is 0. The van der Waals surface area contributed by atoms with E-state index in [1.807, 2.05) is 0 Å². The standard InChI is InChI=1S/C15H18FN3O2/c16-9-3-4-11-12(7-14(20)18-13(11)6-9)15(21)19-5-1-2-10(19)8-17/h3-4,6,10,12H,1-2,5,7-8,17H2,(H,18,20). The second kappa shape index (κ2) is 5.44. The van der Waals surface area contributed by atoms with Gasteiger partial charge in [0.15, 0.2) is 0 Å². The predicted octanol–water partition coefficient (Wildman–Crippen LogP) is 1.20. The summed E-state index contributed by atoms with van der Waals surface area (Å²) in [4.78, 5) is 26.3. The molecular weight excluding hydrogens is 273 g/mol. The molecule has 6 heteroatoms. The number of hydrogen-bond acceptors (Lipinski definition) is 3. The van der Waals surface area contributed by atoms with Gasteiger partial charge in [-0.25, -0.2) is 4.39 Å². The molecule has 0 saturated carbocycles. The Morgan fingerprint density at radius 1 is 1.48 bits per heavy atom. The van der Waals surface area contributed by atoms with Crippen LogP contribution in [0.5, 0.6) is 0 Å². The number of nitrogens with zero attached hydrogens (tertiary/aromatic N) is 1. The monoisotopic (exact) mass is 291 g/mol. The molecule has 0 bridgehead atoms. The van der Waals surface area contributed by atoms with Gasteiger partial charge >= 0.3 is 0 Å². The molecule has 21 heavy (non-hydrogen) atoms. The molecule has 2 atom stereocenters. The third kappa shape index (κ3) is 2.51. The molecule has 0 radical (unpaired) electrons. The molecule has 112 valence electrons. The number of fused-ring (bicyclic) bond motifs is 1. The fraction of sp³-hybridized carbons (Fsp3) is 0.467. The highest BCUT2D eigenvalue weighted by atomic mass is 19.1. The van der Waals surface area contributed by atoms with Crippen LogP contribution in [0, 0.1) is 5.82 Å². The SMILES string of the molecule is NCC1CCCN1C(=O)C1CC(=O)Nc2cc(F)ccc21. The molecule has 2 heterocycles. The first-order valence-electron chi connectivity index (χ1n) is 7.20. The van der Waals surface area contributed by atoms with Gasteiger partial charge in [-0.3, -0.25) is 9.59 Å². The van der Waals surface area contributed by atoms with Crippen molar-refractivity contribution >= 4 is 17.5 Å². The van der Waals surface area contributed by atoms with Gasteiger partial charge < -0.3 is 16.0 Å². The lowest BCUT2D eigenvalue weighted by Crippen LogP contribution is -2.44. The van der Waals surface area contributed by atoms with E-state index in [4.69, 9.17) is 5.73 Å². The Labute approximate surface area is 122 Å². The lowest BCUT2D eigenvalue weighted by atomic mass is 9.89. The molecule has 1 saturated heterocycles. The topological polar surface area (TPSA) is 75.4 Å². The lowest BCUT2D eigenvalue weighted by Gasteiger charge is -2.31. The molecule has 1 aromatic rings. The largest absolute Gasteiger partial charge is 0.338 e. The van der Waals surface area contributed by atoms with Crippen molar-refractivity contribution in [2.24, 2.45) is 5.73 Å². The van der Waals surface area contributed by atoms with E-state index in [0.29, 0.717) is 24.3 Å². The first kappa shape index (κ1) is 14.0. The van der Waals surface area contributed by atoms with E-state index in [0.717, 1.165) is 12.8 Å². The number of anilines is 1. The molecule has 1 fully saturated rings. The quantitative estimate of drug-likeness (QED) is 0.859. The van der Waals surface area contributed by atoms with Crippen LogP contribution in [0.25, 0.3) is 0 Å². The molecule has 2 amide bonds. The van der Waals surface area contributed by atoms with E-state index in [1.165, 1.54) is 12.1 Å². The Hall–Kier alpha value is -1.95. The van der Waals surface area contributed by atoms with Crippen molar-refractivity contribution in [2.75, 3.05) is 18.4 Å². The third-order valence-corrected chi connectivity index (χ3v) is 4.28. The van der Waals surface area contributed by atoms with Crippen molar-refractivity contribution in [1.82, 2.24) is 4.90 Å². The maximum atomic E-state index is 13.3. The summed E-state index contributed by atoms with van der Waals surface area (Å²) < 4.78 is 13.3. The molecule has 2 unspecified atom stereocenters. The molecule has 2 aliphatic rings. The first-order valence-corrected chi connectivity index (χ1v) is 7.20. The normalized spacial score (nSPS) is 24.7. The second-order valence-electron chi connectivity index (χ2n) is 5.60. The molecule has 0 aliphatic carbocycles. The second-order valence-corrected chi connectivity index (χ2v) is 5.60. The third-order valence-electron chi connectivity index (χ3n) is 4.28. The highest BCUT2D eigenvalue weighted by Gasteiger charge is 2.37. The van der Waals surface area contributed by atoms with Crippen molar-refractivity contribution < 1.29 is 14.0 Å². The summed E-state index contributed by atoms with van der Waals surface area (Å²) in [5.41, 5.74) is 6.79. The van der Waals surface area contributed by atoms with Gasteiger partial charge in [0.05, 0.1) is 5.92 Å². The number of halogens is 1. The molecular formula is C15H18FN3O2. The Morgan fingerprint density at radius 2 is 2.29 bits per heavy atom. The number of carbonyl (C=O) groups is 2. The van der Waals surface area contributed by atoms with Gasteiger partial charge in [0.25, 0.3) is 0 Å². The highest BCUT2D eigenvalue weighted by molar-refractivity contribution is 6.01. The molecule has 5 nitrogen and oxygen atoms in total. The van der Waals surface area contributed by atoms with Crippen molar-refractivity contribution in [3.63, 3.8) is 0 Å². The number of carbonyl (C=O) groups excluding carboxylic acids is 2. The maximum absolute atomic E-state index is 13.3. The van der Waals surface area contributed by atoms with Crippen LogP contribution < -0.4 is 11.1 Å². The van der Waals surface area contributed by atoms with Crippen molar-refractivity contribution in [3.8, 4) is 0 Å². The van der Waals surface area contributed by atoms with E-state index in [-0.39, 0.29) is 24.3 Å². The summed E-state index contributed by atoms with van der Waals surface area (Å²) in [6.45, 7) is 1.11. The van der Waals surface area contributed by atoms with E-state index >= 15 is 0 Å². The Bertz CT molecular complexity index is 590. The number of hydrogen-bond donors (Lipinski definition) is 2. The Kier molecular flexibility index (Phi) is 3.63. The smallest absolute Gasteiger partial charge is 0.231 e. The van der Waals surface area contributed by atoms with Crippen LogP contribution in [0.15, 0.2) is 18.2 Å².